The molecule has 2 N–H and O–H groups in total. The largest absolute Gasteiger partial charge is 0.322 e. The molecule has 0 radical (unpaired) electrons. The molecule has 174 valence electrons. The van der Waals surface area contributed by atoms with E-state index in [1.165, 1.54) is 22.2 Å². The number of hydrogen-bond acceptors (Lipinski definition) is 5. The topological polar surface area (TPSA) is 63.1 Å². The van der Waals surface area contributed by atoms with Crippen molar-refractivity contribution >= 4 is 63.2 Å². The number of fused-ring (bicyclic) bond motifs is 1. The number of nitrogens with one attached hydrogen (secondary N) is 2. The van der Waals surface area contributed by atoms with E-state index in [0.717, 1.165) is 64.4 Å². The fourth-order valence-electron chi connectivity index (χ4n) is 4.58. The molecule has 1 aliphatic heterocycles. The van der Waals surface area contributed by atoms with Crippen molar-refractivity contribution in [3.8, 4) is 5.00 Å². The Balaban J connectivity index is 1.59. The van der Waals surface area contributed by atoms with Gasteiger partial charge in [0.2, 0.25) is 0 Å². The molecular formula is C26H25N3O2S3. The Kier molecular flexibility index (Phi) is 6.22. The third-order valence-electron chi connectivity index (χ3n) is 6.29. The maximum absolute atomic E-state index is 13.6. The molecule has 1 aromatic carbocycles. The minimum atomic E-state index is -0.162. The van der Waals surface area contributed by atoms with Crippen LogP contribution >= 0.6 is 35.3 Å². The highest BCUT2D eigenvalue weighted by Gasteiger charge is 2.28. The Morgan fingerprint density at radius 1 is 1.15 bits per heavy atom. The molecule has 8 heteroatoms. The number of thioether (sulfide) groups is 1. The lowest BCUT2D eigenvalue weighted by Crippen LogP contribution is -2.17. The SMILES string of the molecule is Cc1ccc(NC(=O)c2c(-n3c(C)cc(/C=C4/SC(=S)NC4=O)c3C)sc3c2CCCC3)cc1. The first-order valence-corrected chi connectivity index (χ1v) is 13.3. The van der Waals surface area contributed by atoms with Crippen molar-refractivity contribution in [2.45, 2.75) is 46.5 Å². The quantitative estimate of drug-likeness (QED) is 0.332. The monoisotopic (exact) mass is 507 g/mol. The molecule has 2 amide bonds. The second-order valence-corrected chi connectivity index (χ2v) is 11.5. The molecule has 0 spiro atoms. The molecule has 1 fully saturated rings. The summed E-state index contributed by atoms with van der Waals surface area (Å²) < 4.78 is 2.64. The number of carbonyl (C=O) groups excluding carboxylic acids is 2. The Labute approximate surface area is 212 Å². The number of nitrogens with zero attached hydrogens (tertiary/aromatic N) is 1. The first kappa shape index (κ1) is 23.1. The highest BCUT2D eigenvalue weighted by atomic mass is 32.2. The number of carbonyl (C=O) groups is 2. The Hall–Kier alpha value is -2.68. The van der Waals surface area contributed by atoms with E-state index in [4.69, 9.17) is 12.2 Å². The van der Waals surface area contributed by atoms with E-state index in [1.54, 1.807) is 11.3 Å². The number of thiophene rings is 1. The number of rotatable bonds is 4. The third-order valence-corrected chi connectivity index (χ3v) is 8.73. The lowest BCUT2D eigenvalue weighted by molar-refractivity contribution is -0.115. The summed E-state index contributed by atoms with van der Waals surface area (Å²) in [4.78, 5) is 27.7. The van der Waals surface area contributed by atoms with Gasteiger partial charge in [-0.1, -0.05) is 41.7 Å². The second kappa shape index (κ2) is 9.17. The van der Waals surface area contributed by atoms with E-state index in [9.17, 15) is 9.59 Å². The van der Waals surface area contributed by atoms with Crippen molar-refractivity contribution in [2.75, 3.05) is 5.32 Å². The van der Waals surface area contributed by atoms with Crippen LogP contribution in [-0.4, -0.2) is 20.7 Å². The lowest BCUT2D eigenvalue weighted by atomic mass is 9.95. The molecule has 2 aromatic heterocycles. The van der Waals surface area contributed by atoms with Crippen LogP contribution in [-0.2, 0) is 17.6 Å². The van der Waals surface area contributed by atoms with Crippen molar-refractivity contribution in [1.82, 2.24) is 9.88 Å². The van der Waals surface area contributed by atoms with Crippen LogP contribution in [0.3, 0.4) is 0 Å². The molecular weight excluding hydrogens is 483 g/mol. The number of thiocarbonyl (C=S) groups is 1. The van der Waals surface area contributed by atoms with Crippen LogP contribution in [0.2, 0.25) is 0 Å². The average Bonchev–Trinajstić information content (AvgIpc) is 3.42. The summed E-state index contributed by atoms with van der Waals surface area (Å²) in [6.07, 6.45) is 6.07. The normalized spacial score (nSPS) is 16.6. The van der Waals surface area contributed by atoms with E-state index < -0.39 is 0 Å². The van der Waals surface area contributed by atoms with Crippen molar-refractivity contribution < 1.29 is 9.59 Å². The van der Waals surface area contributed by atoms with Crippen LogP contribution in [0.4, 0.5) is 5.69 Å². The van der Waals surface area contributed by atoms with Crippen LogP contribution < -0.4 is 10.6 Å². The minimum absolute atomic E-state index is 0.0678. The van der Waals surface area contributed by atoms with Crippen molar-refractivity contribution in [3.05, 3.63) is 73.8 Å². The van der Waals surface area contributed by atoms with E-state index in [-0.39, 0.29) is 11.8 Å². The number of amides is 2. The van der Waals surface area contributed by atoms with Crippen molar-refractivity contribution in [2.24, 2.45) is 0 Å². The van der Waals surface area contributed by atoms with Crippen LogP contribution in [0.25, 0.3) is 11.1 Å². The Morgan fingerprint density at radius 2 is 1.88 bits per heavy atom. The molecule has 5 nitrogen and oxygen atoms in total. The van der Waals surface area contributed by atoms with E-state index >= 15 is 0 Å². The van der Waals surface area contributed by atoms with E-state index in [0.29, 0.717) is 9.23 Å². The number of anilines is 1. The fourth-order valence-corrected chi connectivity index (χ4v) is 7.11. The molecule has 0 saturated carbocycles. The van der Waals surface area contributed by atoms with Crippen LogP contribution in [0.5, 0.6) is 0 Å². The fraction of sp³-hybridized carbons (Fsp3) is 0.269. The van der Waals surface area contributed by atoms with Gasteiger partial charge in [-0.25, -0.2) is 0 Å². The molecule has 3 aromatic rings. The zero-order valence-corrected chi connectivity index (χ0v) is 21.7. The van der Waals surface area contributed by atoms with Gasteiger partial charge in [-0.3, -0.25) is 9.59 Å². The van der Waals surface area contributed by atoms with Gasteiger partial charge >= 0.3 is 0 Å². The predicted octanol–water partition coefficient (Wildman–Crippen LogP) is 6.08. The van der Waals surface area contributed by atoms with Crippen molar-refractivity contribution in [1.29, 1.82) is 0 Å². The maximum atomic E-state index is 13.6. The summed E-state index contributed by atoms with van der Waals surface area (Å²) in [6, 6.07) is 9.96. The summed E-state index contributed by atoms with van der Waals surface area (Å²) in [5.74, 6) is -0.230. The number of benzene rings is 1. The molecule has 3 heterocycles. The maximum Gasteiger partial charge on any atom is 0.263 e. The minimum Gasteiger partial charge on any atom is -0.322 e. The Bertz CT molecular complexity index is 1360. The van der Waals surface area contributed by atoms with E-state index in [1.807, 2.05) is 51.1 Å². The smallest absolute Gasteiger partial charge is 0.263 e. The van der Waals surface area contributed by atoms with Gasteiger partial charge in [0.15, 0.2) is 0 Å². The average molecular weight is 508 g/mol. The summed E-state index contributed by atoms with van der Waals surface area (Å²) >= 11 is 8.13. The van der Waals surface area contributed by atoms with Gasteiger partial charge in [-0.05, 0) is 81.9 Å². The van der Waals surface area contributed by atoms with Crippen LogP contribution in [0, 0.1) is 20.8 Å². The summed E-state index contributed by atoms with van der Waals surface area (Å²) in [6.45, 7) is 6.11. The van der Waals surface area contributed by atoms with Gasteiger partial charge in [-0.2, -0.15) is 0 Å². The zero-order chi connectivity index (χ0) is 24.0. The van der Waals surface area contributed by atoms with Gasteiger partial charge in [0, 0.05) is 22.0 Å². The van der Waals surface area contributed by atoms with Gasteiger partial charge in [-0.15, -0.1) is 11.3 Å². The van der Waals surface area contributed by atoms with Gasteiger partial charge in [0.1, 0.15) is 9.32 Å². The number of aryl methyl sites for hydroxylation is 3. The molecule has 0 unspecified atom stereocenters. The molecule has 2 aliphatic rings. The van der Waals surface area contributed by atoms with Crippen LogP contribution in [0.15, 0.2) is 35.2 Å². The van der Waals surface area contributed by atoms with Crippen LogP contribution in [0.1, 0.15) is 56.2 Å². The summed E-state index contributed by atoms with van der Waals surface area (Å²) in [5.41, 5.74) is 6.88. The van der Waals surface area contributed by atoms with Gasteiger partial charge in [0.25, 0.3) is 11.8 Å². The lowest BCUT2D eigenvalue weighted by Gasteiger charge is -2.14. The predicted molar refractivity (Wildman–Crippen MR) is 145 cm³/mol. The highest BCUT2D eigenvalue weighted by molar-refractivity contribution is 8.26. The van der Waals surface area contributed by atoms with E-state index in [2.05, 4.69) is 21.3 Å². The summed E-state index contributed by atoms with van der Waals surface area (Å²) in [7, 11) is 0. The number of hydrogen-bond donors (Lipinski definition) is 2. The van der Waals surface area contributed by atoms with Crippen molar-refractivity contribution in [3.63, 3.8) is 0 Å². The molecule has 34 heavy (non-hydrogen) atoms. The molecule has 1 aliphatic carbocycles. The third kappa shape index (κ3) is 4.26. The highest BCUT2D eigenvalue weighted by Crippen LogP contribution is 2.39. The molecule has 1 saturated heterocycles. The zero-order valence-electron chi connectivity index (χ0n) is 19.3. The number of aromatic nitrogens is 1. The van der Waals surface area contributed by atoms with Gasteiger partial charge < -0.3 is 15.2 Å². The van der Waals surface area contributed by atoms with Gasteiger partial charge in [0.05, 0.1) is 10.5 Å². The first-order valence-electron chi connectivity index (χ1n) is 11.3. The first-order chi connectivity index (χ1) is 16.3. The molecule has 0 atom stereocenters. The molecule has 5 rings (SSSR count). The standard InChI is InChI=1S/C26H25N3O2S3/c1-14-8-10-18(11-9-14)27-24(31)22-19-6-4-5-7-20(19)33-25(22)29-15(2)12-17(16(29)3)13-21-23(30)28-26(32)34-21/h8-13H,4-7H2,1-3H3,(H,27,31)(H,28,30,32)/b21-13+. The molecule has 0 bridgehead atoms. The second-order valence-electron chi connectivity index (χ2n) is 8.73. The Morgan fingerprint density at radius 3 is 2.59 bits per heavy atom. The summed E-state index contributed by atoms with van der Waals surface area (Å²) in [5, 5.41) is 6.75.